The molecule has 0 radical (unpaired) electrons. The van der Waals surface area contributed by atoms with Gasteiger partial charge in [0, 0.05) is 6.07 Å². The smallest absolute Gasteiger partial charge is 0.317 e. The molecule has 0 bridgehead atoms. The van der Waals surface area contributed by atoms with E-state index in [4.69, 9.17) is 9.84 Å². The Labute approximate surface area is 83.8 Å². The van der Waals surface area contributed by atoms with Crippen LogP contribution >= 0.6 is 0 Å². The minimum Gasteiger partial charge on any atom is -0.494 e. The average Bonchev–Trinajstić information content (AvgIpc) is 2.18. The third kappa shape index (κ3) is 1.50. The predicted octanol–water partition coefficient (Wildman–Crippen LogP) is 1.19. The first kappa shape index (κ1) is 9.45. The van der Waals surface area contributed by atoms with Crippen LogP contribution in [-0.4, -0.2) is 27.3 Å². The summed E-state index contributed by atoms with van der Waals surface area (Å²) in [6.07, 6.45) is 0. The Balaban J connectivity index is 2.89. The second-order valence-electron chi connectivity index (χ2n) is 2.85. The lowest BCUT2D eigenvalue weighted by Crippen LogP contribution is -1.92. The van der Waals surface area contributed by atoms with E-state index in [2.05, 4.69) is 9.97 Å². The van der Waals surface area contributed by atoms with Gasteiger partial charge in [0.2, 0.25) is 5.88 Å². The number of rotatable bonds is 1. The van der Waals surface area contributed by atoms with Gasteiger partial charge in [-0.1, -0.05) is 0 Å². The standard InChI is InChI=1S/C9H7FN2O3/c1-15-6-3-4(10)2-5-7(6)11-9(14)12-8(5)13/h2-3H,1H3,(H2,11,12,13,14). The van der Waals surface area contributed by atoms with Crippen LogP contribution in [0.5, 0.6) is 17.6 Å². The van der Waals surface area contributed by atoms with E-state index < -0.39 is 17.7 Å². The van der Waals surface area contributed by atoms with Crippen LogP contribution in [0, 0.1) is 5.82 Å². The molecular formula is C9H7FN2O3. The number of aromatic hydroxyl groups is 2. The number of aromatic nitrogens is 2. The average molecular weight is 210 g/mol. The number of hydrogen-bond acceptors (Lipinski definition) is 5. The van der Waals surface area contributed by atoms with E-state index in [9.17, 15) is 9.50 Å². The molecule has 0 saturated heterocycles. The van der Waals surface area contributed by atoms with Gasteiger partial charge in [-0.05, 0) is 6.07 Å². The number of halogens is 1. The molecule has 2 aromatic rings. The van der Waals surface area contributed by atoms with Gasteiger partial charge >= 0.3 is 6.01 Å². The van der Waals surface area contributed by atoms with Crippen molar-refractivity contribution in [3.63, 3.8) is 0 Å². The molecular weight excluding hydrogens is 203 g/mol. The van der Waals surface area contributed by atoms with Crippen LogP contribution in [0.25, 0.3) is 10.9 Å². The Morgan fingerprint density at radius 3 is 2.67 bits per heavy atom. The molecule has 0 aliphatic heterocycles. The number of nitrogens with zero attached hydrogens (tertiary/aromatic N) is 2. The van der Waals surface area contributed by atoms with Crippen LogP contribution in [0.15, 0.2) is 12.1 Å². The van der Waals surface area contributed by atoms with Gasteiger partial charge in [-0.25, -0.2) is 4.39 Å². The number of fused-ring (bicyclic) bond motifs is 1. The van der Waals surface area contributed by atoms with Crippen molar-refractivity contribution in [3.8, 4) is 17.6 Å². The molecule has 15 heavy (non-hydrogen) atoms. The van der Waals surface area contributed by atoms with Crippen molar-refractivity contribution in [2.45, 2.75) is 0 Å². The van der Waals surface area contributed by atoms with E-state index in [1.807, 2.05) is 0 Å². The summed E-state index contributed by atoms with van der Waals surface area (Å²) in [7, 11) is 1.34. The van der Waals surface area contributed by atoms with E-state index in [1.54, 1.807) is 0 Å². The van der Waals surface area contributed by atoms with Crippen molar-refractivity contribution >= 4 is 10.9 Å². The number of ether oxygens (including phenoxy) is 1. The Kier molecular flexibility index (Phi) is 2.03. The van der Waals surface area contributed by atoms with Crippen LogP contribution in [-0.2, 0) is 0 Å². The van der Waals surface area contributed by atoms with Gasteiger partial charge in [-0.15, -0.1) is 0 Å². The molecule has 1 aromatic heterocycles. The van der Waals surface area contributed by atoms with Gasteiger partial charge in [-0.2, -0.15) is 9.97 Å². The van der Waals surface area contributed by atoms with Crippen molar-refractivity contribution in [2.75, 3.05) is 7.11 Å². The highest BCUT2D eigenvalue weighted by Crippen LogP contribution is 2.31. The summed E-state index contributed by atoms with van der Waals surface area (Å²) in [6.45, 7) is 0. The summed E-state index contributed by atoms with van der Waals surface area (Å²) in [6, 6.07) is 1.57. The summed E-state index contributed by atoms with van der Waals surface area (Å²) in [5.41, 5.74) is 0.156. The molecule has 78 valence electrons. The largest absolute Gasteiger partial charge is 0.494 e. The van der Waals surface area contributed by atoms with Crippen molar-refractivity contribution in [1.29, 1.82) is 0 Å². The fourth-order valence-corrected chi connectivity index (χ4v) is 1.30. The Morgan fingerprint density at radius 1 is 1.27 bits per heavy atom. The van der Waals surface area contributed by atoms with Gasteiger partial charge in [0.15, 0.2) is 0 Å². The van der Waals surface area contributed by atoms with E-state index in [0.29, 0.717) is 0 Å². The predicted molar refractivity (Wildman–Crippen MR) is 49.4 cm³/mol. The van der Waals surface area contributed by atoms with Crippen molar-refractivity contribution in [1.82, 2.24) is 9.97 Å². The third-order valence-corrected chi connectivity index (χ3v) is 1.92. The zero-order chi connectivity index (χ0) is 11.0. The highest BCUT2D eigenvalue weighted by Gasteiger charge is 2.12. The highest BCUT2D eigenvalue weighted by atomic mass is 19.1. The maximum Gasteiger partial charge on any atom is 0.317 e. The van der Waals surface area contributed by atoms with E-state index in [1.165, 1.54) is 7.11 Å². The number of hydrogen-bond donors (Lipinski definition) is 2. The maximum atomic E-state index is 13.1. The van der Waals surface area contributed by atoms with Crippen LogP contribution in [0.3, 0.4) is 0 Å². The molecule has 0 aliphatic carbocycles. The Hall–Kier alpha value is -2.11. The molecule has 0 aliphatic rings. The van der Waals surface area contributed by atoms with E-state index in [-0.39, 0.29) is 16.7 Å². The lowest BCUT2D eigenvalue weighted by atomic mass is 10.2. The molecule has 0 amide bonds. The fourth-order valence-electron chi connectivity index (χ4n) is 1.30. The van der Waals surface area contributed by atoms with Crippen molar-refractivity contribution < 1.29 is 19.3 Å². The zero-order valence-electron chi connectivity index (χ0n) is 7.73. The second-order valence-corrected chi connectivity index (χ2v) is 2.85. The molecule has 1 heterocycles. The molecule has 2 rings (SSSR count). The fraction of sp³-hybridized carbons (Fsp3) is 0.111. The molecule has 6 heteroatoms. The summed E-state index contributed by atoms with van der Waals surface area (Å²) >= 11 is 0. The minimum absolute atomic E-state index is 0.0876. The quantitative estimate of drug-likeness (QED) is 0.739. The van der Waals surface area contributed by atoms with E-state index in [0.717, 1.165) is 12.1 Å². The molecule has 5 nitrogen and oxygen atoms in total. The van der Waals surface area contributed by atoms with Gasteiger partial charge in [-0.3, -0.25) is 0 Å². The van der Waals surface area contributed by atoms with Gasteiger partial charge in [0.05, 0.1) is 12.5 Å². The van der Waals surface area contributed by atoms with Gasteiger partial charge in [0.1, 0.15) is 17.1 Å². The molecule has 0 unspecified atom stereocenters. The first-order valence-electron chi connectivity index (χ1n) is 4.05. The first-order chi connectivity index (χ1) is 7.11. The molecule has 1 aromatic carbocycles. The number of benzene rings is 1. The summed E-state index contributed by atoms with van der Waals surface area (Å²) in [5.74, 6) is -0.947. The summed E-state index contributed by atoms with van der Waals surface area (Å²) < 4.78 is 17.9. The summed E-state index contributed by atoms with van der Waals surface area (Å²) in [5, 5.41) is 18.5. The number of methoxy groups -OCH3 is 1. The van der Waals surface area contributed by atoms with Crippen LogP contribution in [0.4, 0.5) is 4.39 Å². The lowest BCUT2D eigenvalue weighted by molar-refractivity contribution is 0.396. The SMILES string of the molecule is COc1cc(F)cc2c(O)nc(O)nc12. The Morgan fingerprint density at radius 2 is 2.00 bits per heavy atom. The topological polar surface area (TPSA) is 75.5 Å². The molecule has 0 fully saturated rings. The lowest BCUT2D eigenvalue weighted by Gasteiger charge is -2.05. The molecule has 0 atom stereocenters. The van der Waals surface area contributed by atoms with Crippen LogP contribution < -0.4 is 4.74 Å². The Bertz CT molecular complexity index is 530. The van der Waals surface area contributed by atoms with E-state index >= 15 is 0 Å². The summed E-state index contributed by atoms with van der Waals surface area (Å²) in [4.78, 5) is 6.94. The second kappa shape index (κ2) is 3.23. The van der Waals surface area contributed by atoms with Gasteiger partial charge < -0.3 is 14.9 Å². The van der Waals surface area contributed by atoms with Crippen molar-refractivity contribution in [3.05, 3.63) is 17.9 Å². The molecule has 0 saturated carbocycles. The molecule has 2 N–H and O–H groups in total. The van der Waals surface area contributed by atoms with Crippen molar-refractivity contribution in [2.24, 2.45) is 0 Å². The normalized spacial score (nSPS) is 10.5. The highest BCUT2D eigenvalue weighted by molar-refractivity contribution is 5.88. The van der Waals surface area contributed by atoms with Crippen LogP contribution in [0.1, 0.15) is 0 Å². The monoisotopic (exact) mass is 210 g/mol. The zero-order valence-corrected chi connectivity index (χ0v) is 7.73. The third-order valence-electron chi connectivity index (χ3n) is 1.92. The van der Waals surface area contributed by atoms with Gasteiger partial charge in [0.25, 0.3) is 0 Å². The molecule has 0 spiro atoms. The minimum atomic E-state index is -0.593. The maximum absolute atomic E-state index is 13.1. The van der Waals surface area contributed by atoms with Crippen LogP contribution in [0.2, 0.25) is 0 Å². The first-order valence-corrected chi connectivity index (χ1v) is 4.05.